The molecule has 15 rings (SSSR count). The van der Waals surface area contributed by atoms with Gasteiger partial charge in [-0.05, 0) is 211 Å². The van der Waals surface area contributed by atoms with Crippen molar-refractivity contribution in [1.82, 2.24) is 117 Å². The topological polar surface area (TPSA) is 340 Å². The molecule has 12 heterocycles. The zero-order chi connectivity index (χ0) is 69.1. The fraction of sp³-hybridized carbons (Fsp3) is 0.394. The van der Waals surface area contributed by atoms with E-state index in [1.807, 2.05) is 86.8 Å². The Labute approximate surface area is 566 Å². The van der Waals surface area contributed by atoms with Gasteiger partial charge >= 0.3 is 0 Å². The third kappa shape index (κ3) is 14.3. The molecule has 3 aliphatic rings. The van der Waals surface area contributed by atoms with E-state index in [9.17, 15) is 15.3 Å². The molecule has 0 unspecified atom stereocenters. The van der Waals surface area contributed by atoms with Crippen molar-refractivity contribution in [1.29, 1.82) is 0 Å². The van der Waals surface area contributed by atoms with Crippen molar-refractivity contribution in [3.63, 3.8) is 0 Å². The first-order valence-corrected chi connectivity index (χ1v) is 32.7. The van der Waals surface area contributed by atoms with Gasteiger partial charge in [-0.3, -0.25) is 0 Å². The summed E-state index contributed by atoms with van der Waals surface area (Å²) in [4.78, 5) is 12.2. The standard InChI is InChI=1S/C25H29N7O2.2C23H26N8O/c1-24(2)13-17(14-25(3,4)30-24)32-23-20(28-31-32)12-19(27-29-23)18-7-6-15(10-21(18)33)16-8-9-26-22(11-16)34-5;1-22(2)9-16(10-23(3,4)29-22)31-21-19(27-30-31)8-18(26-28-21)17-6-5-14(7-20(17)32)15-11-24-13-25-12-15;1-22(2)11-16(12-23(3,4)29-22)31-21-19(27-30-31)10-18(26-28-21)17-6-5-14(9-20(17)32)15-7-8-24-25-13-15/h6-12,17,30,33H,13-14H2,1-5H3;5-8,11-13,16,29,32H,9-10H2,1-4H3;5-10,13,16,29,32H,11-12H2,1-4H3. The predicted octanol–water partition coefficient (Wildman–Crippen LogP) is 11.2. The number of phenols is 3. The maximum absolute atomic E-state index is 10.8. The van der Waals surface area contributed by atoms with Gasteiger partial charge in [0, 0.05) is 85.7 Å². The van der Waals surface area contributed by atoms with Crippen molar-refractivity contribution in [3.8, 4) is 90.3 Å². The fourth-order valence-electron chi connectivity index (χ4n) is 15.1. The van der Waals surface area contributed by atoms with E-state index in [-0.39, 0.29) is 68.6 Å². The second-order valence-electron chi connectivity index (χ2n) is 29.8. The normalized spacial score (nSPS) is 18.0. The molecular formula is C71H81N23O4. The summed E-state index contributed by atoms with van der Waals surface area (Å²) in [7, 11) is 1.57. The van der Waals surface area contributed by atoms with E-state index >= 15 is 0 Å². The molecule has 0 bridgehead atoms. The van der Waals surface area contributed by atoms with Crippen molar-refractivity contribution in [2.45, 2.75) is 173 Å². The molecule has 9 aromatic heterocycles. The maximum Gasteiger partial charge on any atom is 0.213 e. The van der Waals surface area contributed by atoms with E-state index < -0.39 is 0 Å². The minimum absolute atomic E-state index is 0.0179. The van der Waals surface area contributed by atoms with Crippen molar-refractivity contribution in [2.24, 2.45) is 0 Å². The zero-order valence-electron chi connectivity index (χ0n) is 57.3. The van der Waals surface area contributed by atoms with E-state index in [0.29, 0.717) is 73.1 Å². The number of aromatic nitrogens is 20. The number of fused-ring (bicyclic) bond motifs is 3. The molecule has 12 aromatic rings. The Morgan fingerprint density at radius 1 is 0.378 bits per heavy atom. The number of ether oxygens (including phenoxy) is 1. The summed E-state index contributed by atoms with van der Waals surface area (Å²) in [5.41, 5.74) is 12.3. The Morgan fingerprint density at radius 3 is 1.07 bits per heavy atom. The lowest BCUT2D eigenvalue weighted by molar-refractivity contribution is 0.126. The van der Waals surface area contributed by atoms with Gasteiger partial charge in [-0.2, -0.15) is 10.2 Å². The van der Waals surface area contributed by atoms with Crippen LogP contribution >= 0.6 is 0 Å². The molecule has 0 aliphatic carbocycles. The van der Waals surface area contributed by atoms with Crippen LogP contribution in [0.3, 0.4) is 0 Å². The van der Waals surface area contributed by atoms with Crippen LogP contribution in [0, 0.1) is 0 Å². The SMILES string of the molecule is CC1(C)CC(n2nnc3cc(-c4ccc(-c5ccnnc5)cc4O)nnc32)CC(C)(C)N1.CC1(C)CC(n2nnc3cc(-c4ccc(-c5cncnc5)cc4O)nnc32)CC(C)(C)N1.COc1cc(-c2ccc(-c3cc4nnn(C5CC(C)(C)NC(C)(C)C5)c4nn3)c(O)c2)ccn1. The minimum Gasteiger partial charge on any atom is -0.507 e. The minimum atomic E-state index is -0.0234. The first-order valence-electron chi connectivity index (χ1n) is 32.7. The van der Waals surface area contributed by atoms with E-state index in [0.717, 1.165) is 71.9 Å². The van der Waals surface area contributed by atoms with Crippen LogP contribution in [0.25, 0.3) is 101 Å². The highest BCUT2D eigenvalue weighted by molar-refractivity contribution is 5.82. The summed E-state index contributed by atoms with van der Waals surface area (Å²) in [6.45, 7) is 26.5. The smallest absolute Gasteiger partial charge is 0.213 e. The van der Waals surface area contributed by atoms with Gasteiger partial charge in [0.25, 0.3) is 0 Å². The number of aromatic hydroxyl groups is 3. The average molecular weight is 1320 g/mol. The van der Waals surface area contributed by atoms with Crippen LogP contribution in [-0.4, -0.2) is 156 Å². The van der Waals surface area contributed by atoms with Gasteiger partial charge in [0.1, 0.15) is 40.1 Å². The molecule has 0 saturated carbocycles. The average Bonchev–Trinajstić information content (AvgIpc) is 1.54. The van der Waals surface area contributed by atoms with Crippen LogP contribution in [0.4, 0.5) is 0 Å². The second-order valence-corrected chi connectivity index (χ2v) is 29.8. The van der Waals surface area contributed by atoms with Gasteiger partial charge in [0.15, 0.2) is 0 Å². The van der Waals surface area contributed by atoms with E-state index in [4.69, 9.17) is 4.74 Å². The molecule has 0 spiro atoms. The lowest BCUT2D eigenvalue weighted by Gasteiger charge is -2.46. The van der Waals surface area contributed by atoms with E-state index in [2.05, 4.69) is 186 Å². The number of hydrogen-bond acceptors (Lipinski definition) is 24. The van der Waals surface area contributed by atoms with Gasteiger partial charge in [-0.25, -0.2) is 29.0 Å². The summed E-state index contributed by atoms with van der Waals surface area (Å²) >= 11 is 0. The molecule has 0 amide bonds. The number of pyridine rings is 1. The first kappa shape index (κ1) is 66.1. The predicted molar refractivity (Wildman–Crippen MR) is 371 cm³/mol. The molecule has 6 N–H and O–H groups in total. The summed E-state index contributed by atoms with van der Waals surface area (Å²) in [5.74, 6) is 0.841. The number of nitrogens with zero attached hydrogens (tertiary/aromatic N) is 20. The quantitative estimate of drug-likeness (QED) is 0.0741. The Hall–Kier alpha value is -10.5. The van der Waals surface area contributed by atoms with E-state index in [1.54, 1.807) is 56.3 Å². The van der Waals surface area contributed by atoms with Crippen LogP contribution < -0.4 is 20.7 Å². The number of piperidine rings is 3. The van der Waals surface area contributed by atoms with Crippen LogP contribution in [0.5, 0.6) is 23.1 Å². The largest absolute Gasteiger partial charge is 0.507 e. The van der Waals surface area contributed by atoms with Crippen LogP contribution in [0.1, 0.15) is 140 Å². The Morgan fingerprint density at radius 2 is 0.724 bits per heavy atom. The van der Waals surface area contributed by atoms with Gasteiger partial charge in [-0.15, -0.1) is 45.9 Å². The highest BCUT2D eigenvalue weighted by atomic mass is 16.5. The van der Waals surface area contributed by atoms with Gasteiger partial charge < -0.3 is 36.0 Å². The number of phenolic OH excluding ortho intramolecular Hbond substituents is 3. The van der Waals surface area contributed by atoms with Crippen LogP contribution in [-0.2, 0) is 0 Å². The first-order chi connectivity index (χ1) is 46.6. The Kier molecular flexibility index (Phi) is 17.2. The molecule has 3 aliphatic heterocycles. The maximum atomic E-state index is 10.8. The van der Waals surface area contributed by atoms with Crippen molar-refractivity contribution < 1.29 is 20.1 Å². The Bertz CT molecular complexity index is 4650. The molecule has 0 radical (unpaired) electrons. The molecule has 0 atom stereocenters. The van der Waals surface area contributed by atoms with Crippen LogP contribution in [0.15, 0.2) is 128 Å². The molecule has 3 saturated heterocycles. The summed E-state index contributed by atoms with van der Waals surface area (Å²) in [6, 6.07) is 27.8. The lowest BCUT2D eigenvalue weighted by atomic mass is 9.79. The fourth-order valence-corrected chi connectivity index (χ4v) is 15.1. The van der Waals surface area contributed by atoms with Crippen molar-refractivity contribution in [2.75, 3.05) is 7.11 Å². The number of hydrogen-bond donors (Lipinski definition) is 6. The molecule has 504 valence electrons. The molecular weight excluding hydrogens is 1240 g/mol. The number of rotatable bonds is 10. The van der Waals surface area contributed by atoms with E-state index in [1.165, 1.54) is 6.33 Å². The van der Waals surface area contributed by atoms with Crippen molar-refractivity contribution in [3.05, 3.63) is 128 Å². The number of benzene rings is 3. The monoisotopic (exact) mass is 1320 g/mol. The third-order valence-electron chi connectivity index (χ3n) is 18.1. The van der Waals surface area contributed by atoms with Crippen molar-refractivity contribution >= 4 is 33.5 Å². The summed E-state index contributed by atoms with van der Waals surface area (Å²) in [5, 5.41) is 104. The molecule has 27 nitrogen and oxygen atoms in total. The lowest BCUT2D eigenvalue weighted by Crippen LogP contribution is -2.58. The molecule has 98 heavy (non-hydrogen) atoms. The summed E-state index contributed by atoms with van der Waals surface area (Å²) in [6.07, 6.45) is 15.3. The Balaban J connectivity index is 0.000000132. The number of methoxy groups -OCH3 is 1. The van der Waals surface area contributed by atoms with Gasteiger partial charge in [0.05, 0.1) is 54.7 Å². The van der Waals surface area contributed by atoms with Gasteiger partial charge in [0.2, 0.25) is 22.8 Å². The molecule has 27 heteroatoms. The molecule has 3 aromatic carbocycles. The van der Waals surface area contributed by atoms with Crippen LogP contribution in [0.2, 0.25) is 0 Å². The molecule has 3 fully saturated rings. The zero-order valence-corrected chi connectivity index (χ0v) is 57.3. The second kappa shape index (κ2) is 25.5. The highest BCUT2D eigenvalue weighted by Gasteiger charge is 2.42. The van der Waals surface area contributed by atoms with Gasteiger partial charge in [-0.1, -0.05) is 33.8 Å². The number of nitrogens with one attached hydrogen (secondary N) is 3. The summed E-state index contributed by atoms with van der Waals surface area (Å²) < 4.78 is 10.9. The third-order valence-corrected chi connectivity index (χ3v) is 18.1. The highest BCUT2D eigenvalue weighted by Crippen LogP contribution is 2.42.